The Morgan fingerprint density at radius 2 is 2.42 bits per heavy atom. The molecule has 0 unspecified atom stereocenters. The summed E-state index contributed by atoms with van der Waals surface area (Å²) >= 11 is 1.75. The van der Waals surface area contributed by atoms with Crippen molar-refractivity contribution in [3.8, 4) is 11.8 Å². The van der Waals surface area contributed by atoms with Gasteiger partial charge in [0.05, 0.1) is 6.54 Å². The minimum atomic E-state index is 0.783. The lowest BCUT2D eigenvalue weighted by Gasteiger charge is -1.88. The molecule has 0 spiro atoms. The van der Waals surface area contributed by atoms with Crippen molar-refractivity contribution in [2.24, 2.45) is 0 Å². The topological polar surface area (TPSA) is 12.0 Å². The molecule has 1 rings (SSSR count). The van der Waals surface area contributed by atoms with E-state index in [1.54, 1.807) is 11.3 Å². The predicted octanol–water partition coefficient (Wildman–Crippen LogP) is 2.02. The highest BCUT2D eigenvalue weighted by Crippen LogP contribution is 2.11. The van der Waals surface area contributed by atoms with Gasteiger partial charge in [0.25, 0.3) is 0 Å². The van der Waals surface area contributed by atoms with Gasteiger partial charge in [0.15, 0.2) is 0 Å². The fraction of sp³-hybridized carbons (Fsp3) is 0.400. The largest absolute Gasteiger partial charge is 0.306 e. The van der Waals surface area contributed by atoms with Gasteiger partial charge in [-0.25, -0.2) is 0 Å². The van der Waals surface area contributed by atoms with E-state index in [4.69, 9.17) is 0 Å². The Bertz CT molecular complexity index is 290. The number of rotatable bonds is 2. The Hall–Kier alpha value is -0.780. The molecule has 0 saturated carbocycles. The van der Waals surface area contributed by atoms with Crippen LogP contribution in [0.1, 0.15) is 17.4 Å². The molecule has 0 bridgehead atoms. The van der Waals surface area contributed by atoms with Gasteiger partial charge in [0.2, 0.25) is 0 Å². The van der Waals surface area contributed by atoms with Crippen LogP contribution in [0.4, 0.5) is 0 Å². The van der Waals surface area contributed by atoms with Gasteiger partial charge in [-0.3, -0.25) is 0 Å². The Labute approximate surface area is 77.8 Å². The number of aryl methyl sites for hydroxylation is 1. The van der Waals surface area contributed by atoms with E-state index >= 15 is 0 Å². The molecule has 1 nitrogen and oxygen atoms in total. The van der Waals surface area contributed by atoms with Crippen LogP contribution in [-0.2, 0) is 0 Å². The molecule has 1 aromatic rings. The Balaban J connectivity index is 2.43. The number of hydrogen-bond acceptors (Lipinski definition) is 2. The Morgan fingerprint density at radius 3 is 3.00 bits per heavy atom. The fourth-order valence-electron chi connectivity index (χ4n) is 0.843. The second-order valence-corrected chi connectivity index (χ2v) is 3.64. The second kappa shape index (κ2) is 4.97. The smallest absolute Gasteiger partial charge is 0.0580 e. The minimum Gasteiger partial charge on any atom is -0.306 e. The molecule has 0 aliphatic rings. The van der Waals surface area contributed by atoms with Gasteiger partial charge < -0.3 is 5.32 Å². The van der Waals surface area contributed by atoms with Crippen molar-refractivity contribution in [3.63, 3.8) is 0 Å². The summed E-state index contributed by atoms with van der Waals surface area (Å²) in [7, 11) is 0. The molecule has 64 valence electrons. The molecule has 0 atom stereocenters. The van der Waals surface area contributed by atoms with E-state index in [2.05, 4.69) is 42.5 Å². The van der Waals surface area contributed by atoms with Crippen molar-refractivity contribution in [1.82, 2.24) is 5.32 Å². The number of hydrogen-bond donors (Lipinski definition) is 1. The lowest BCUT2D eigenvalue weighted by Crippen LogP contribution is -2.11. The fourth-order valence-corrected chi connectivity index (χ4v) is 1.48. The van der Waals surface area contributed by atoms with Crippen molar-refractivity contribution < 1.29 is 0 Å². The van der Waals surface area contributed by atoms with Gasteiger partial charge in [0, 0.05) is 15.8 Å². The van der Waals surface area contributed by atoms with Crippen LogP contribution >= 0.6 is 11.3 Å². The maximum atomic E-state index is 3.16. The van der Waals surface area contributed by atoms with E-state index in [-0.39, 0.29) is 0 Å². The summed E-state index contributed by atoms with van der Waals surface area (Å²) in [6.07, 6.45) is 0. The third-order valence-electron chi connectivity index (χ3n) is 1.43. The predicted molar refractivity (Wildman–Crippen MR) is 54.5 cm³/mol. The zero-order chi connectivity index (χ0) is 8.81. The lowest BCUT2D eigenvalue weighted by atomic mass is 10.3. The molecular formula is C10H13NS. The average molecular weight is 179 g/mol. The Morgan fingerprint density at radius 1 is 1.58 bits per heavy atom. The maximum Gasteiger partial charge on any atom is 0.0580 e. The third kappa shape index (κ3) is 3.08. The molecule has 1 aromatic heterocycles. The molecular weight excluding hydrogens is 166 g/mol. The van der Waals surface area contributed by atoms with E-state index in [0.717, 1.165) is 18.7 Å². The summed E-state index contributed by atoms with van der Waals surface area (Å²) in [6.45, 7) is 5.94. The van der Waals surface area contributed by atoms with Crippen LogP contribution in [0.25, 0.3) is 0 Å². The molecule has 12 heavy (non-hydrogen) atoms. The van der Waals surface area contributed by atoms with Gasteiger partial charge in [-0.1, -0.05) is 18.8 Å². The third-order valence-corrected chi connectivity index (χ3v) is 2.29. The van der Waals surface area contributed by atoms with Gasteiger partial charge in [-0.2, -0.15) is 0 Å². The first-order valence-corrected chi connectivity index (χ1v) is 4.95. The first kappa shape index (κ1) is 9.31. The number of nitrogens with one attached hydrogen (secondary N) is 1. The molecule has 0 fully saturated rings. The van der Waals surface area contributed by atoms with Crippen LogP contribution in [0, 0.1) is 18.8 Å². The van der Waals surface area contributed by atoms with Crippen molar-refractivity contribution in [3.05, 3.63) is 21.9 Å². The van der Waals surface area contributed by atoms with Crippen molar-refractivity contribution >= 4 is 11.3 Å². The average Bonchev–Trinajstić information content (AvgIpc) is 2.45. The van der Waals surface area contributed by atoms with Crippen LogP contribution in [0.15, 0.2) is 11.4 Å². The summed E-state index contributed by atoms with van der Waals surface area (Å²) in [6, 6.07) is 2.11. The molecule has 0 amide bonds. The molecule has 0 saturated heterocycles. The minimum absolute atomic E-state index is 0.783. The Kier molecular flexibility index (Phi) is 3.86. The lowest BCUT2D eigenvalue weighted by molar-refractivity contribution is 0.811. The van der Waals surface area contributed by atoms with Gasteiger partial charge >= 0.3 is 0 Å². The zero-order valence-corrected chi connectivity index (χ0v) is 8.29. The van der Waals surface area contributed by atoms with Crippen LogP contribution < -0.4 is 5.32 Å². The molecule has 2 heteroatoms. The molecule has 0 aliphatic carbocycles. The van der Waals surface area contributed by atoms with E-state index in [9.17, 15) is 0 Å². The van der Waals surface area contributed by atoms with Crippen molar-refractivity contribution in [2.75, 3.05) is 13.1 Å². The molecule has 1 N–H and O–H groups in total. The zero-order valence-electron chi connectivity index (χ0n) is 7.48. The first-order valence-electron chi connectivity index (χ1n) is 4.07. The van der Waals surface area contributed by atoms with Crippen LogP contribution in [0.2, 0.25) is 0 Å². The van der Waals surface area contributed by atoms with Crippen LogP contribution in [0.5, 0.6) is 0 Å². The first-order chi connectivity index (χ1) is 5.83. The van der Waals surface area contributed by atoms with E-state index in [1.807, 2.05) is 0 Å². The van der Waals surface area contributed by atoms with Gasteiger partial charge in [-0.05, 0) is 19.5 Å². The summed E-state index contributed by atoms with van der Waals surface area (Å²) in [4.78, 5) is 1.32. The second-order valence-electron chi connectivity index (χ2n) is 2.53. The normalized spacial score (nSPS) is 9.17. The number of thiophene rings is 1. The maximum absolute atomic E-state index is 3.16. The summed E-state index contributed by atoms with van der Waals surface area (Å²) < 4.78 is 0. The molecule has 0 aromatic carbocycles. The van der Waals surface area contributed by atoms with Gasteiger partial charge in [-0.15, -0.1) is 11.3 Å². The molecule has 0 aliphatic heterocycles. The van der Waals surface area contributed by atoms with Crippen molar-refractivity contribution in [2.45, 2.75) is 13.8 Å². The molecule has 1 heterocycles. The summed E-state index contributed by atoms with van der Waals surface area (Å²) in [5, 5.41) is 5.25. The summed E-state index contributed by atoms with van der Waals surface area (Å²) in [5.74, 6) is 6.16. The highest BCUT2D eigenvalue weighted by atomic mass is 32.1. The van der Waals surface area contributed by atoms with E-state index < -0.39 is 0 Å². The van der Waals surface area contributed by atoms with Crippen LogP contribution in [0.3, 0.4) is 0 Å². The SMILES string of the molecule is CCNCC#Cc1csc(C)c1. The van der Waals surface area contributed by atoms with E-state index in [1.165, 1.54) is 4.88 Å². The quantitative estimate of drug-likeness (QED) is 0.541. The standard InChI is InChI=1S/C10H13NS/c1-3-11-6-4-5-10-7-9(2)12-8-10/h7-8,11H,3,6H2,1-2H3. The van der Waals surface area contributed by atoms with E-state index in [0.29, 0.717) is 0 Å². The highest BCUT2D eigenvalue weighted by Gasteiger charge is 1.89. The van der Waals surface area contributed by atoms with Crippen LogP contribution in [-0.4, -0.2) is 13.1 Å². The van der Waals surface area contributed by atoms with Gasteiger partial charge in [0.1, 0.15) is 0 Å². The van der Waals surface area contributed by atoms with Crippen molar-refractivity contribution in [1.29, 1.82) is 0 Å². The monoisotopic (exact) mass is 179 g/mol. The highest BCUT2D eigenvalue weighted by molar-refractivity contribution is 7.10. The molecule has 0 radical (unpaired) electrons. The summed E-state index contributed by atoms with van der Waals surface area (Å²) in [5.41, 5.74) is 1.13.